The molecule has 1 fully saturated rings. The van der Waals surface area contributed by atoms with Crippen LogP contribution in [0.4, 0.5) is 5.69 Å². The molecule has 3 aliphatic carbocycles. The van der Waals surface area contributed by atoms with E-state index in [0.29, 0.717) is 17.7 Å². The van der Waals surface area contributed by atoms with Crippen molar-refractivity contribution in [3.63, 3.8) is 0 Å². The predicted molar refractivity (Wildman–Crippen MR) is 146 cm³/mol. The van der Waals surface area contributed by atoms with Crippen molar-refractivity contribution in [2.75, 3.05) is 19.0 Å². The summed E-state index contributed by atoms with van der Waals surface area (Å²) in [6.45, 7) is 3.82. The van der Waals surface area contributed by atoms with Crippen molar-refractivity contribution < 1.29 is 39.6 Å². The normalized spacial score (nSPS) is 24.4. The highest BCUT2D eigenvalue weighted by molar-refractivity contribution is 6.22. The van der Waals surface area contributed by atoms with Gasteiger partial charge in [0, 0.05) is 49.7 Å². The molecule has 4 rings (SSSR count). The van der Waals surface area contributed by atoms with Gasteiger partial charge in [-0.1, -0.05) is 21.3 Å². The summed E-state index contributed by atoms with van der Waals surface area (Å²) in [6.07, 6.45) is 3.00. The van der Waals surface area contributed by atoms with E-state index in [9.17, 15) is 39.6 Å². The summed E-state index contributed by atoms with van der Waals surface area (Å²) in [6, 6.07) is 1.68. The Labute approximate surface area is 227 Å². The number of aliphatic hydroxyl groups is 3. The van der Waals surface area contributed by atoms with Gasteiger partial charge in [0.25, 0.3) is 5.91 Å². The molecule has 210 valence electrons. The number of nitrogens with zero attached hydrogens (tertiary/aromatic N) is 1. The van der Waals surface area contributed by atoms with E-state index in [2.05, 4.69) is 0 Å². The Hall–Kier alpha value is -3.92. The zero-order valence-corrected chi connectivity index (χ0v) is 21.7. The zero-order chi connectivity index (χ0) is 28.3. The monoisotopic (exact) mass is 540 g/mol. The highest BCUT2D eigenvalue weighted by Gasteiger charge is 2.60. The van der Waals surface area contributed by atoms with Crippen molar-refractivity contribution in [1.29, 1.82) is 0 Å². The summed E-state index contributed by atoms with van der Waals surface area (Å²) >= 11 is 0. The van der Waals surface area contributed by atoms with E-state index in [1.54, 1.807) is 25.1 Å². The molecular formula is C29H36N2O8. The summed E-state index contributed by atoms with van der Waals surface area (Å²) < 4.78 is 0. The molecule has 3 atom stereocenters. The van der Waals surface area contributed by atoms with Crippen LogP contribution in [-0.4, -0.2) is 63.4 Å². The van der Waals surface area contributed by atoms with E-state index in [4.69, 9.17) is 5.73 Å². The maximum absolute atomic E-state index is 13.7. The molecule has 0 heterocycles. The van der Waals surface area contributed by atoms with Crippen LogP contribution in [0.2, 0.25) is 0 Å². The second-order valence-electron chi connectivity index (χ2n) is 10.9. The van der Waals surface area contributed by atoms with E-state index in [-0.39, 0.29) is 60.8 Å². The van der Waals surface area contributed by atoms with Crippen LogP contribution in [0.3, 0.4) is 0 Å². The molecule has 0 aliphatic heterocycles. The average Bonchev–Trinajstić information content (AvgIpc) is 2.80. The lowest BCUT2D eigenvalue weighted by molar-refractivity contribution is -0.147. The van der Waals surface area contributed by atoms with E-state index in [1.165, 1.54) is 12.2 Å². The van der Waals surface area contributed by atoms with Gasteiger partial charge in [0.15, 0.2) is 17.2 Å². The Bertz CT molecular complexity index is 1370. The molecule has 1 aromatic carbocycles. The van der Waals surface area contributed by atoms with Gasteiger partial charge in [0.2, 0.25) is 5.78 Å². The second-order valence-corrected chi connectivity index (χ2v) is 10.9. The molecule has 39 heavy (non-hydrogen) atoms. The van der Waals surface area contributed by atoms with Crippen LogP contribution in [0.1, 0.15) is 57.2 Å². The molecular weight excluding hydrogens is 504 g/mol. The molecule has 1 aromatic rings. The van der Waals surface area contributed by atoms with Crippen molar-refractivity contribution in [3.8, 4) is 5.75 Å². The van der Waals surface area contributed by atoms with Crippen LogP contribution < -0.4 is 10.6 Å². The maximum atomic E-state index is 13.7. The molecule has 6 N–H and O–H groups in total. The minimum Gasteiger partial charge on any atom is -0.508 e. The number of amides is 1. The highest BCUT2D eigenvalue weighted by Crippen LogP contribution is 2.53. The summed E-state index contributed by atoms with van der Waals surface area (Å²) in [5.41, 5.74) is 3.00. The number of hydrogen-bond acceptors (Lipinski definition) is 9. The van der Waals surface area contributed by atoms with Gasteiger partial charge in [-0.2, -0.15) is 0 Å². The van der Waals surface area contributed by atoms with Crippen molar-refractivity contribution in [2.24, 2.45) is 23.5 Å². The molecule has 0 spiro atoms. The molecule has 1 amide bonds. The SMILES string of the molecule is C.CC(C)CC(=O)/C=C/c1cc(N(C)C)c2c(c1O)C(O)=C1C(=O)[C@]3(O)C(O)=C(C(N)=O)C(=O)C[C@@H]3C[C@@H]1C2. The summed E-state index contributed by atoms with van der Waals surface area (Å²) in [4.78, 5) is 52.0. The van der Waals surface area contributed by atoms with Crippen molar-refractivity contribution in [2.45, 2.75) is 52.6 Å². The molecule has 1 saturated carbocycles. The van der Waals surface area contributed by atoms with Crippen LogP contribution in [0, 0.1) is 17.8 Å². The van der Waals surface area contributed by atoms with Crippen LogP contribution in [0.25, 0.3) is 11.8 Å². The van der Waals surface area contributed by atoms with Gasteiger partial charge in [-0.3, -0.25) is 19.2 Å². The number of carbonyl (C=O) groups excluding carboxylic acids is 4. The first-order valence-corrected chi connectivity index (χ1v) is 12.4. The lowest BCUT2D eigenvalue weighted by Crippen LogP contribution is -2.58. The van der Waals surface area contributed by atoms with Crippen LogP contribution in [0.15, 0.2) is 29.0 Å². The first-order valence-electron chi connectivity index (χ1n) is 12.4. The number of rotatable bonds is 6. The number of allylic oxidation sites excluding steroid dienone is 1. The minimum absolute atomic E-state index is 0. The Balaban J connectivity index is 0.00000420. The Kier molecular flexibility index (Phi) is 7.85. The summed E-state index contributed by atoms with van der Waals surface area (Å²) in [7, 11) is 3.55. The number of carbonyl (C=O) groups is 4. The van der Waals surface area contributed by atoms with Crippen LogP contribution in [0.5, 0.6) is 5.75 Å². The number of benzene rings is 1. The van der Waals surface area contributed by atoms with Gasteiger partial charge in [-0.15, -0.1) is 0 Å². The van der Waals surface area contributed by atoms with Crippen molar-refractivity contribution in [1.82, 2.24) is 0 Å². The second kappa shape index (κ2) is 10.3. The fourth-order valence-corrected chi connectivity index (χ4v) is 5.87. The largest absolute Gasteiger partial charge is 0.508 e. The summed E-state index contributed by atoms with van der Waals surface area (Å²) in [5, 5.41) is 44.6. The van der Waals surface area contributed by atoms with E-state index >= 15 is 0 Å². The molecule has 3 aliphatic rings. The lowest BCUT2D eigenvalue weighted by Gasteiger charge is -2.46. The van der Waals surface area contributed by atoms with Crippen molar-refractivity contribution in [3.05, 3.63) is 45.7 Å². The third-order valence-corrected chi connectivity index (χ3v) is 7.61. The molecule has 10 nitrogen and oxygen atoms in total. The number of phenolic OH excluding ortho intramolecular Hbond substituents is 1. The number of aliphatic hydroxyl groups excluding tert-OH is 2. The van der Waals surface area contributed by atoms with Gasteiger partial charge < -0.3 is 31.1 Å². The molecule has 0 radical (unpaired) electrons. The number of nitrogens with two attached hydrogens (primary N) is 1. The average molecular weight is 541 g/mol. The number of fused-ring (bicyclic) bond motifs is 3. The van der Waals surface area contributed by atoms with Gasteiger partial charge in [0.05, 0.1) is 5.56 Å². The molecule has 0 aromatic heterocycles. The maximum Gasteiger partial charge on any atom is 0.255 e. The van der Waals surface area contributed by atoms with E-state index in [1.807, 2.05) is 13.8 Å². The zero-order valence-electron chi connectivity index (χ0n) is 21.7. The number of phenols is 1. The topological polar surface area (TPSA) is 178 Å². The lowest BCUT2D eigenvalue weighted by atomic mass is 9.59. The Morgan fingerprint density at radius 3 is 2.38 bits per heavy atom. The quantitative estimate of drug-likeness (QED) is 0.268. The first-order chi connectivity index (χ1) is 17.7. The fraction of sp³-hybridized carbons (Fsp3) is 0.448. The molecule has 10 heteroatoms. The molecule has 0 saturated heterocycles. The predicted octanol–water partition coefficient (Wildman–Crippen LogP) is 2.75. The van der Waals surface area contributed by atoms with Gasteiger partial charge >= 0.3 is 0 Å². The number of hydrogen-bond donors (Lipinski definition) is 5. The standard InChI is InChI=1S/C28H32N2O8.CH4/c1-12(2)7-16(31)6-5-13-10-18(30(3)4)17-9-14-8-15-11-19(32)22(27(29)37)26(36)28(15,38)25(35)20(14)24(34)21(17)23(13)33;/h5-6,10,12,14-15,33-34,36,38H,7-9,11H2,1-4H3,(H2,29,37);1H4/b6-5+;/t14-,15+,28+;/m1./s1. The van der Waals surface area contributed by atoms with Gasteiger partial charge in [-0.25, -0.2) is 0 Å². The fourth-order valence-electron chi connectivity index (χ4n) is 5.87. The number of Topliss-reactive ketones (excluding diaryl/α,β-unsaturated/α-hetero) is 2. The first kappa shape index (κ1) is 29.6. The Morgan fingerprint density at radius 1 is 1.18 bits per heavy atom. The van der Waals surface area contributed by atoms with Gasteiger partial charge in [0.1, 0.15) is 22.8 Å². The highest BCUT2D eigenvalue weighted by atomic mass is 16.3. The third kappa shape index (κ3) is 4.63. The van der Waals surface area contributed by atoms with E-state index in [0.717, 1.165) is 0 Å². The van der Waals surface area contributed by atoms with Gasteiger partial charge in [-0.05, 0) is 48.5 Å². The molecule has 0 bridgehead atoms. The minimum atomic E-state index is -2.61. The van der Waals surface area contributed by atoms with E-state index < -0.39 is 52.0 Å². The third-order valence-electron chi connectivity index (χ3n) is 7.61. The summed E-state index contributed by atoms with van der Waals surface area (Å²) in [5.74, 6) is -6.75. The van der Waals surface area contributed by atoms with Crippen LogP contribution in [-0.2, 0) is 25.6 Å². The number of ketones is 3. The molecule has 0 unspecified atom stereocenters. The van der Waals surface area contributed by atoms with Crippen LogP contribution >= 0.6 is 0 Å². The number of primary amides is 1. The number of anilines is 1. The van der Waals surface area contributed by atoms with Crippen molar-refractivity contribution >= 4 is 40.8 Å². The smallest absolute Gasteiger partial charge is 0.255 e. The Morgan fingerprint density at radius 2 is 1.82 bits per heavy atom. The number of aromatic hydroxyl groups is 1.